The van der Waals surface area contributed by atoms with Gasteiger partial charge in [0.05, 0.1) is 13.2 Å². The minimum absolute atomic E-state index is 0.139. The number of nitrogens with one attached hydrogen (secondary N) is 2. The third-order valence-electron chi connectivity index (χ3n) is 4.00. The molecule has 0 aromatic heterocycles. The van der Waals surface area contributed by atoms with Crippen molar-refractivity contribution in [2.45, 2.75) is 6.92 Å². The summed E-state index contributed by atoms with van der Waals surface area (Å²) < 4.78 is 5.39. The highest BCUT2D eigenvalue weighted by molar-refractivity contribution is 6.04. The van der Waals surface area contributed by atoms with Gasteiger partial charge in [0.1, 0.15) is 5.75 Å². The molecule has 0 aliphatic rings. The van der Waals surface area contributed by atoms with Crippen molar-refractivity contribution in [2.75, 3.05) is 36.9 Å². The molecule has 0 spiro atoms. The quantitative estimate of drug-likeness (QED) is 0.567. The highest BCUT2D eigenvalue weighted by Gasteiger charge is 2.10. The van der Waals surface area contributed by atoms with Crippen molar-refractivity contribution in [3.05, 3.63) is 79.4 Å². The van der Waals surface area contributed by atoms with Gasteiger partial charge in [0.15, 0.2) is 0 Å². The molecule has 0 fully saturated rings. The van der Waals surface area contributed by atoms with Gasteiger partial charge in [-0.05, 0) is 55.5 Å². The summed E-state index contributed by atoms with van der Waals surface area (Å²) in [5.41, 5.74) is 1.81. The average Bonchev–Trinajstić information content (AvgIpc) is 2.70. The maximum absolute atomic E-state index is 12.4. The summed E-state index contributed by atoms with van der Waals surface area (Å²) in [4.78, 5) is 26.5. The molecule has 0 bridgehead atoms. The van der Waals surface area contributed by atoms with Gasteiger partial charge in [0.2, 0.25) is 5.91 Å². The molecular formula is C23H27N3O3. The molecule has 0 heterocycles. The van der Waals surface area contributed by atoms with E-state index < -0.39 is 0 Å². The molecule has 2 N–H and O–H groups in total. The van der Waals surface area contributed by atoms with Crippen LogP contribution in [-0.4, -0.2) is 43.0 Å². The summed E-state index contributed by atoms with van der Waals surface area (Å²) in [7, 11) is 0. The van der Waals surface area contributed by atoms with E-state index >= 15 is 0 Å². The van der Waals surface area contributed by atoms with Crippen molar-refractivity contribution >= 4 is 23.2 Å². The Hall–Kier alpha value is -3.38. The fraction of sp³-hybridized carbons (Fsp3) is 0.217. The third-order valence-corrected chi connectivity index (χ3v) is 4.00. The summed E-state index contributed by atoms with van der Waals surface area (Å²) in [6.07, 6.45) is 3.49. The summed E-state index contributed by atoms with van der Waals surface area (Å²) in [6.45, 7) is 11.3. The number of nitrogens with zero attached hydrogens (tertiary/aromatic N) is 1. The van der Waals surface area contributed by atoms with Crippen molar-refractivity contribution in [3.8, 4) is 5.75 Å². The SMILES string of the molecule is C=CCN(CC=C)CC(=O)Nc1ccc(C(=O)Nc2ccc(OCC)cc2)cc1. The molecule has 2 rings (SSSR count). The number of ether oxygens (including phenoxy) is 1. The highest BCUT2D eigenvalue weighted by Crippen LogP contribution is 2.17. The van der Waals surface area contributed by atoms with Crippen molar-refractivity contribution in [1.82, 2.24) is 4.90 Å². The highest BCUT2D eigenvalue weighted by atomic mass is 16.5. The number of hydrogen-bond acceptors (Lipinski definition) is 4. The molecule has 6 nitrogen and oxygen atoms in total. The molecular weight excluding hydrogens is 366 g/mol. The van der Waals surface area contributed by atoms with E-state index in [1.54, 1.807) is 60.7 Å². The Labute approximate surface area is 171 Å². The van der Waals surface area contributed by atoms with Gasteiger partial charge < -0.3 is 15.4 Å². The second kappa shape index (κ2) is 11.5. The van der Waals surface area contributed by atoms with Gasteiger partial charge >= 0.3 is 0 Å². The summed E-state index contributed by atoms with van der Waals surface area (Å²) >= 11 is 0. The fourth-order valence-electron chi connectivity index (χ4n) is 2.68. The van der Waals surface area contributed by atoms with E-state index in [1.807, 2.05) is 11.8 Å². The minimum Gasteiger partial charge on any atom is -0.494 e. The van der Waals surface area contributed by atoms with E-state index in [2.05, 4.69) is 23.8 Å². The van der Waals surface area contributed by atoms with Crippen molar-refractivity contribution < 1.29 is 14.3 Å². The van der Waals surface area contributed by atoms with E-state index in [1.165, 1.54) is 0 Å². The first-order valence-corrected chi connectivity index (χ1v) is 9.44. The van der Waals surface area contributed by atoms with E-state index in [-0.39, 0.29) is 18.4 Å². The van der Waals surface area contributed by atoms with Gasteiger partial charge in [-0.1, -0.05) is 12.2 Å². The molecule has 6 heteroatoms. The van der Waals surface area contributed by atoms with E-state index in [4.69, 9.17) is 4.74 Å². The molecule has 0 saturated heterocycles. The Morgan fingerprint density at radius 1 is 0.931 bits per heavy atom. The number of carbonyl (C=O) groups excluding carboxylic acids is 2. The van der Waals surface area contributed by atoms with Crippen molar-refractivity contribution in [2.24, 2.45) is 0 Å². The first-order chi connectivity index (χ1) is 14.0. The summed E-state index contributed by atoms with van der Waals surface area (Å²) in [5, 5.41) is 5.66. The maximum Gasteiger partial charge on any atom is 0.255 e. The predicted molar refractivity (Wildman–Crippen MR) is 117 cm³/mol. The van der Waals surface area contributed by atoms with Crippen LogP contribution in [0, 0.1) is 0 Å². The second-order valence-corrected chi connectivity index (χ2v) is 6.31. The molecule has 29 heavy (non-hydrogen) atoms. The normalized spacial score (nSPS) is 10.3. The van der Waals surface area contributed by atoms with Gasteiger partial charge in [-0.2, -0.15) is 0 Å². The lowest BCUT2D eigenvalue weighted by Crippen LogP contribution is -2.33. The second-order valence-electron chi connectivity index (χ2n) is 6.31. The Balaban J connectivity index is 1.91. The molecule has 2 amide bonds. The Morgan fingerprint density at radius 2 is 1.48 bits per heavy atom. The van der Waals surface area contributed by atoms with E-state index in [9.17, 15) is 9.59 Å². The smallest absolute Gasteiger partial charge is 0.255 e. The van der Waals surface area contributed by atoms with Crippen LogP contribution in [0.2, 0.25) is 0 Å². The van der Waals surface area contributed by atoms with Crippen LogP contribution in [0.4, 0.5) is 11.4 Å². The summed E-state index contributed by atoms with van der Waals surface area (Å²) in [5.74, 6) is 0.390. The van der Waals surface area contributed by atoms with Crippen LogP contribution in [0.3, 0.4) is 0 Å². The van der Waals surface area contributed by atoms with Gasteiger partial charge in [-0.25, -0.2) is 0 Å². The molecule has 2 aromatic carbocycles. The van der Waals surface area contributed by atoms with Crippen LogP contribution >= 0.6 is 0 Å². The summed E-state index contributed by atoms with van der Waals surface area (Å²) in [6, 6.07) is 13.9. The molecule has 2 aromatic rings. The van der Waals surface area contributed by atoms with Gasteiger partial charge in [-0.15, -0.1) is 13.2 Å². The molecule has 0 radical (unpaired) electrons. The van der Waals surface area contributed by atoms with Gasteiger partial charge in [0, 0.05) is 30.0 Å². The van der Waals surface area contributed by atoms with Crippen LogP contribution in [-0.2, 0) is 4.79 Å². The number of carbonyl (C=O) groups is 2. The lowest BCUT2D eigenvalue weighted by molar-refractivity contribution is -0.117. The molecule has 0 aliphatic heterocycles. The van der Waals surface area contributed by atoms with Crippen molar-refractivity contribution in [3.63, 3.8) is 0 Å². The van der Waals surface area contributed by atoms with Crippen LogP contribution in [0.1, 0.15) is 17.3 Å². The van der Waals surface area contributed by atoms with Crippen LogP contribution < -0.4 is 15.4 Å². The Morgan fingerprint density at radius 3 is 2.03 bits per heavy atom. The molecule has 0 unspecified atom stereocenters. The zero-order valence-electron chi connectivity index (χ0n) is 16.7. The molecule has 0 saturated carbocycles. The molecule has 0 atom stereocenters. The number of hydrogen-bond donors (Lipinski definition) is 2. The van der Waals surface area contributed by atoms with E-state index in [0.717, 1.165) is 5.75 Å². The Bertz CT molecular complexity index is 819. The monoisotopic (exact) mass is 393 g/mol. The third kappa shape index (κ3) is 7.27. The molecule has 0 aliphatic carbocycles. The largest absolute Gasteiger partial charge is 0.494 e. The lowest BCUT2D eigenvalue weighted by Gasteiger charge is -2.18. The topological polar surface area (TPSA) is 70.7 Å². The van der Waals surface area contributed by atoms with Gasteiger partial charge in [-0.3, -0.25) is 14.5 Å². The van der Waals surface area contributed by atoms with Gasteiger partial charge in [0.25, 0.3) is 5.91 Å². The Kier molecular flexibility index (Phi) is 8.66. The number of rotatable bonds is 11. The molecule has 152 valence electrons. The predicted octanol–water partition coefficient (Wildman–Crippen LogP) is 3.95. The number of amides is 2. The van der Waals surface area contributed by atoms with Crippen molar-refractivity contribution in [1.29, 1.82) is 0 Å². The first-order valence-electron chi connectivity index (χ1n) is 9.44. The minimum atomic E-state index is -0.227. The maximum atomic E-state index is 12.4. The standard InChI is InChI=1S/C23H27N3O3/c1-4-15-26(16-5-2)17-22(27)24-19-9-7-18(8-10-19)23(28)25-20-11-13-21(14-12-20)29-6-3/h4-5,7-14H,1-2,6,15-17H2,3H3,(H,24,27)(H,25,28). The van der Waals surface area contributed by atoms with Crippen LogP contribution in [0.25, 0.3) is 0 Å². The van der Waals surface area contributed by atoms with Crippen LogP contribution in [0.5, 0.6) is 5.75 Å². The average molecular weight is 393 g/mol. The first kappa shape index (κ1) is 21.9. The number of anilines is 2. The zero-order valence-corrected chi connectivity index (χ0v) is 16.7. The van der Waals surface area contributed by atoms with E-state index in [0.29, 0.717) is 36.6 Å². The fourth-order valence-corrected chi connectivity index (χ4v) is 2.68. The number of benzene rings is 2. The van der Waals surface area contributed by atoms with Crippen LogP contribution in [0.15, 0.2) is 73.8 Å². The zero-order chi connectivity index (χ0) is 21.1. The lowest BCUT2D eigenvalue weighted by atomic mass is 10.2.